The molecule has 0 radical (unpaired) electrons. The van der Waals surface area contributed by atoms with E-state index >= 15 is 0 Å². The van der Waals surface area contributed by atoms with Crippen LogP contribution in [0.3, 0.4) is 0 Å². The van der Waals surface area contributed by atoms with Gasteiger partial charge in [-0.2, -0.15) is 4.31 Å². The van der Waals surface area contributed by atoms with Crippen LogP contribution in [0.1, 0.15) is 32.3 Å². The highest BCUT2D eigenvalue weighted by Gasteiger charge is 2.35. The second kappa shape index (κ2) is 11.7. The summed E-state index contributed by atoms with van der Waals surface area (Å²) in [6.45, 7) is 4.54. The first-order chi connectivity index (χ1) is 16.2. The predicted octanol–water partition coefficient (Wildman–Crippen LogP) is 3.88. The number of carbonyl (C=O) groups is 2. The number of benzene rings is 2. The molecule has 2 aromatic rings. The molecule has 8 nitrogen and oxygen atoms in total. The standard InChI is InChI=1S/C24H29ClN2O6S/c1-3-32-21-12-9-19(25)15-22(21)34(30,31)27-13-5-6-18(16-27)24(29)26-20-10-7-17(8-11-20)14-23(28)33-4-2/h7-12,15,18H,3-6,13-14,16H2,1-2H3,(H,26,29). The Kier molecular flexibility index (Phi) is 8.93. The third-order valence-electron chi connectivity index (χ3n) is 5.45. The molecule has 1 fully saturated rings. The number of sulfonamides is 1. The number of nitrogens with one attached hydrogen (secondary N) is 1. The van der Waals surface area contributed by atoms with E-state index in [2.05, 4.69) is 5.32 Å². The van der Waals surface area contributed by atoms with Gasteiger partial charge in [-0.1, -0.05) is 23.7 Å². The summed E-state index contributed by atoms with van der Waals surface area (Å²) in [6.07, 6.45) is 1.29. The zero-order valence-corrected chi connectivity index (χ0v) is 20.8. The lowest BCUT2D eigenvalue weighted by molar-refractivity contribution is -0.142. The van der Waals surface area contributed by atoms with E-state index in [9.17, 15) is 18.0 Å². The van der Waals surface area contributed by atoms with E-state index in [0.717, 1.165) is 5.56 Å². The Morgan fingerprint density at radius 2 is 1.85 bits per heavy atom. The van der Waals surface area contributed by atoms with Gasteiger partial charge in [0.05, 0.1) is 25.6 Å². The quantitative estimate of drug-likeness (QED) is 0.516. The molecule has 0 saturated carbocycles. The fourth-order valence-electron chi connectivity index (χ4n) is 3.80. The second-order valence-electron chi connectivity index (χ2n) is 7.89. The highest BCUT2D eigenvalue weighted by molar-refractivity contribution is 7.89. The minimum absolute atomic E-state index is 0.0000895. The van der Waals surface area contributed by atoms with Crippen LogP contribution in [0.2, 0.25) is 5.02 Å². The lowest BCUT2D eigenvalue weighted by atomic mass is 9.98. The van der Waals surface area contributed by atoms with Crippen LogP contribution >= 0.6 is 11.6 Å². The van der Waals surface area contributed by atoms with Crippen molar-refractivity contribution in [1.82, 2.24) is 4.31 Å². The van der Waals surface area contributed by atoms with Gasteiger partial charge in [-0.25, -0.2) is 8.42 Å². The summed E-state index contributed by atoms with van der Waals surface area (Å²) < 4.78 is 38.5. The summed E-state index contributed by atoms with van der Waals surface area (Å²) in [7, 11) is -3.90. The molecule has 1 saturated heterocycles. The largest absolute Gasteiger partial charge is 0.492 e. The van der Waals surface area contributed by atoms with Crippen LogP contribution in [0, 0.1) is 5.92 Å². The molecule has 184 valence electrons. The zero-order chi connectivity index (χ0) is 24.7. The lowest BCUT2D eigenvalue weighted by Crippen LogP contribution is -2.43. The molecule has 3 rings (SSSR count). The van der Waals surface area contributed by atoms with E-state index in [4.69, 9.17) is 21.1 Å². The number of carbonyl (C=O) groups excluding carboxylic acids is 2. The van der Waals surface area contributed by atoms with Crippen LogP contribution in [-0.4, -0.2) is 50.9 Å². The van der Waals surface area contributed by atoms with E-state index in [1.165, 1.54) is 10.4 Å². The SMILES string of the molecule is CCOC(=O)Cc1ccc(NC(=O)C2CCCN(S(=O)(=O)c3cc(Cl)ccc3OCC)C2)cc1. The van der Waals surface area contributed by atoms with Crippen molar-refractivity contribution in [1.29, 1.82) is 0 Å². The Hall–Kier alpha value is -2.62. The number of hydrogen-bond donors (Lipinski definition) is 1. The average molecular weight is 509 g/mol. The van der Waals surface area contributed by atoms with Gasteiger partial charge in [-0.3, -0.25) is 9.59 Å². The van der Waals surface area contributed by atoms with E-state index in [0.29, 0.717) is 43.3 Å². The van der Waals surface area contributed by atoms with Crippen LogP contribution in [-0.2, 0) is 30.8 Å². The molecule has 1 N–H and O–H groups in total. The summed E-state index contributed by atoms with van der Waals surface area (Å²) in [4.78, 5) is 24.5. The highest BCUT2D eigenvalue weighted by Crippen LogP contribution is 2.32. The predicted molar refractivity (Wildman–Crippen MR) is 130 cm³/mol. The Bertz CT molecular complexity index is 1120. The van der Waals surface area contributed by atoms with Crippen molar-refractivity contribution in [3.05, 3.63) is 53.1 Å². The number of nitrogens with zero attached hydrogens (tertiary/aromatic N) is 1. The molecule has 0 aliphatic carbocycles. The van der Waals surface area contributed by atoms with Crippen LogP contribution in [0.25, 0.3) is 0 Å². The fourth-order valence-corrected chi connectivity index (χ4v) is 5.72. The zero-order valence-electron chi connectivity index (χ0n) is 19.3. The molecular formula is C24H29ClN2O6S. The first-order valence-corrected chi connectivity index (χ1v) is 13.0. The summed E-state index contributed by atoms with van der Waals surface area (Å²) in [5.41, 5.74) is 1.35. The number of anilines is 1. The Balaban J connectivity index is 1.68. The molecular weight excluding hydrogens is 480 g/mol. The van der Waals surface area contributed by atoms with Crippen LogP contribution in [0.5, 0.6) is 5.75 Å². The third kappa shape index (κ3) is 6.49. The van der Waals surface area contributed by atoms with Crippen LogP contribution in [0.15, 0.2) is 47.4 Å². The number of amides is 1. The summed E-state index contributed by atoms with van der Waals surface area (Å²) in [5, 5.41) is 3.14. The molecule has 1 aliphatic heterocycles. The second-order valence-corrected chi connectivity index (χ2v) is 10.2. The van der Waals surface area contributed by atoms with Crippen molar-refractivity contribution in [3.63, 3.8) is 0 Å². The molecule has 0 spiro atoms. The normalized spacial score (nSPS) is 16.6. The van der Waals surface area contributed by atoms with Gasteiger partial charge < -0.3 is 14.8 Å². The van der Waals surface area contributed by atoms with Gasteiger partial charge in [0.15, 0.2) is 0 Å². The summed E-state index contributed by atoms with van der Waals surface area (Å²) in [6, 6.07) is 11.4. The average Bonchev–Trinajstić information content (AvgIpc) is 2.82. The molecule has 1 unspecified atom stereocenters. The van der Waals surface area contributed by atoms with Crippen molar-refractivity contribution < 1.29 is 27.5 Å². The van der Waals surface area contributed by atoms with Gasteiger partial charge in [0.2, 0.25) is 15.9 Å². The van der Waals surface area contributed by atoms with Gasteiger partial charge >= 0.3 is 5.97 Å². The molecule has 0 aromatic heterocycles. The number of esters is 1. The monoisotopic (exact) mass is 508 g/mol. The van der Waals surface area contributed by atoms with Crippen molar-refractivity contribution in [2.24, 2.45) is 5.92 Å². The molecule has 1 amide bonds. The molecule has 2 aromatic carbocycles. The van der Waals surface area contributed by atoms with Crippen molar-refractivity contribution in [2.45, 2.75) is 38.0 Å². The maximum atomic E-state index is 13.4. The van der Waals surface area contributed by atoms with Crippen molar-refractivity contribution >= 4 is 39.2 Å². The van der Waals surface area contributed by atoms with Crippen molar-refractivity contribution in [2.75, 3.05) is 31.6 Å². The maximum Gasteiger partial charge on any atom is 0.310 e. The maximum absolute atomic E-state index is 13.4. The van der Waals surface area contributed by atoms with E-state index in [-0.39, 0.29) is 35.5 Å². The van der Waals surface area contributed by atoms with Crippen LogP contribution in [0.4, 0.5) is 5.69 Å². The van der Waals surface area contributed by atoms with E-state index in [1.54, 1.807) is 50.2 Å². The Morgan fingerprint density at radius 1 is 1.12 bits per heavy atom. The van der Waals surface area contributed by atoms with E-state index in [1.807, 2.05) is 0 Å². The number of piperidine rings is 1. The molecule has 10 heteroatoms. The summed E-state index contributed by atoms with van der Waals surface area (Å²) in [5.74, 6) is -0.831. The topological polar surface area (TPSA) is 102 Å². The summed E-state index contributed by atoms with van der Waals surface area (Å²) >= 11 is 6.06. The van der Waals surface area contributed by atoms with Gasteiger partial charge in [0, 0.05) is 23.8 Å². The minimum Gasteiger partial charge on any atom is -0.492 e. The lowest BCUT2D eigenvalue weighted by Gasteiger charge is -2.31. The van der Waals surface area contributed by atoms with Gasteiger partial charge in [0.1, 0.15) is 10.6 Å². The third-order valence-corrected chi connectivity index (χ3v) is 7.58. The number of hydrogen-bond acceptors (Lipinski definition) is 6. The van der Waals surface area contributed by atoms with Crippen molar-refractivity contribution in [3.8, 4) is 5.75 Å². The first kappa shape index (κ1) is 26.0. The number of ether oxygens (including phenoxy) is 2. The molecule has 0 bridgehead atoms. The van der Waals surface area contributed by atoms with Gasteiger partial charge in [-0.15, -0.1) is 0 Å². The first-order valence-electron chi connectivity index (χ1n) is 11.2. The fraction of sp³-hybridized carbons (Fsp3) is 0.417. The van der Waals surface area contributed by atoms with Gasteiger partial charge in [-0.05, 0) is 62.6 Å². The van der Waals surface area contributed by atoms with Gasteiger partial charge in [0.25, 0.3) is 0 Å². The molecule has 1 heterocycles. The van der Waals surface area contributed by atoms with E-state index < -0.39 is 15.9 Å². The molecule has 1 atom stereocenters. The van der Waals surface area contributed by atoms with Crippen LogP contribution < -0.4 is 10.1 Å². The Morgan fingerprint density at radius 3 is 2.53 bits per heavy atom. The highest BCUT2D eigenvalue weighted by atomic mass is 35.5. The smallest absolute Gasteiger partial charge is 0.310 e. The number of halogens is 1. The number of rotatable bonds is 9. The molecule has 34 heavy (non-hydrogen) atoms. The Labute approximate surface area is 205 Å². The molecule has 1 aliphatic rings. The minimum atomic E-state index is -3.90.